The Labute approximate surface area is 178 Å². The van der Waals surface area contributed by atoms with Crippen molar-refractivity contribution in [2.24, 2.45) is 5.92 Å². The fourth-order valence-corrected chi connectivity index (χ4v) is 5.08. The molecule has 10 unspecified atom stereocenters. The maximum absolute atomic E-state index is 13.1. The van der Waals surface area contributed by atoms with Crippen LogP contribution in [0.15, 0.2) is 0 Å². The normalized spacial score (nSPS) is 40.6. The van der Waals surface area contributed by atoms with Gasteiger partial charge in [-0.05, 0) is 38.5 Å². The Kier molecular flexibility index (Phi) is 8.71. The molecule has 10 atom stereocenters. The summed E-state index contributed by atoms with van der Waals surface area (Å²) in [5, 5.41) is 33.1. The minimum atomic E-state index is -1.40. The highest BCUT2D eigenvalue weighted by molar-refractivity contribution is 7.99. The van der Waals surface area contributed by atoms with Crippen molar-refractivity contribution in [1.29, 1.82) is 0 Å². The molecule has 164 valence electrons. The number of hydrogen-bond donors (Lipinski definition) is 4. The first-order valence-corrected chi connectivity index (χ1v) is 11.7. The Morgan fingerprint density at radius 2 is 2.04 bits per heavy atom. The van der Waals surface area contributed by atoms with E-state index in [-0.39, 0.29) is 5.91 Å². The van der Waals surface area contributed by atoms with Crippen molar-refractivity contribution >= 4 is 29.3 Å². The Bertz CT molecular complexity index is 545. The maximum Gasteiger partial charge on any atom is 0.237 e. The second-order valence-electron chi connectivity index (χ2n) is 7.75. The zero-order valence-corrected chi connectivity index (χ0v) is 18.6. The third-order valence-electron chi connectivity index (χ3n) is 5.75. The first-order valence-electron chi connectivity index (χ1n) is 10.5. The second kappa shape index (κ2) is 10.8. The second-order valence-corrected chi connectivity index (χ2v) is 9.37. The van der Waals surface area contributed by atoms with E-state index in [1.54, 1.807) is 20.1 Å². The van der Waals surface area contributed by atoms with Crippen molar-refractivity contribution in [1.82, 2.24) is 10.2 Å². The number of nitrogens with zero attached hydrogens (tertiary/aromatic N) is 1. The summed E-state index contributed by atoms with van der Waals surface area (Å²) in [4.78, 5) is 15.0. The lowest BCUT2D eigenvalue weighted by Gasteiger charge is -2.44. The lowest BCUT2D eigenvalue weighted by Crippen LogP contribution is -2.65. The van der Waals surface area contributed by atoms with Gasteiger partial charge in [-0.25, -0.2) is 0 Å². The number of likely N-dealkylation sites (N-methyl/N-ethyl adjacent to an activating group) is 1. The van der Waals surface area contributed by atoms with E-state index in [9.17, 15) is 20.1 Å². The van der Waals surface area contributed by atoms with Gasteiger partial charge in [-0.2, -0.15) is 0 Å². The van der Waals surface area contributed by atoms with Gasteiger partial charge in [0.15, 0.2) is 0 Å². The molecule has 0 aromatic carbocycles. The molecule has 0 aromatic rings. The van der Waals surface area contributed by atoms with Crippen LogP contribution in [0.3, 0.4) is 0 Å². The molecule has 0 spiro atoms. The molecule has 2 aliphatic rings. The minimum Gasteiger partial charge on any atom is -0.388 e. The van der Waals surface area contributed by atoms with Gasteiger partial charge in [-0.15, -0.1) is 23.4 Å². The smallest absolute Gasteiger partial charge is 0.237 e. The lowest BCUT2D eigenvalue weighted by atomic mass is 9.92. The van der Waals surface area contributed by atoms with Gasteiger partial charge in [-0.3, -0.25) is 9.69 Å². The Morgan fingerprint density at radius 3 is 2.57 bits per heavy atom. The highest BCUT2D eigenvalue weighted by Crippen LogP contribution is 2.31. The summed E-state index contributed by atoms with van der Waals surface area (Å²) in [6, 6.07) is -1.20. The Hall–Kier alpha value is -0.0900. The molecule has 9 heteroatoms. The van der Waals surface area contributed by atoms with Crippen LogP contribution in [-0.4, -0.2) is 92.8 Å². The number of alkyl halides is 1. The van der Waals surface area contributed by atoms with E-state index in [1.165, 1.54) is 11.8 Å². The maximum atomic E-state index is 13.1. The number of aliphatic hydroxyl groups excluding tert-OH is 3. The fraction of sp³-hybridized carbons (Fsp3) is 0.947. The molecule has 0 saturated carbocycles. The highest BCUT2D eigenvalue weighted by atomic mass is 35.5. The van der Waals surface area contributed by atoms with E-state index in [0.717, 1.165) is 12.8 Å². The average molecular weight is 440 g/mol. The number of carbonyl (C=O) groups is 1. The molecule has 2 aliphatic heterocycles. The van der Waals surface area contributed by atoms with Crippen LogP contribution in [0.25, 0.3) is 0 Å². The molecular weight excluding hydrogens is 404 g/mol. The van der Waals surface area contributed by atoms with Crippen LogP contribution < -0.4 is 5.32 Å². The summed E-state index contributed by atoms with van der Waals surface area (Å²) in [6.07, 6.45) is -0.541. The standard InChI is InChI=1S/C19H35ClN2O5S/c1-5-7-11-8-12(22(6-2)9-11)18(26)21-13(10(3)20)17-15(24)14(23)16(25)19(27-17)28-4/h10-17,19,23-25H,5-9H2,1-4H3,(H,21,26)/i6D. The summed E-state index contributed by atoms with van der Waals surface area (Å²) in [5.41, 5.74) is -0.738. The lowest BCUT2D eigenvalue weighted by molar-refractivity contribution is -0.205. The number of thioether (sulfide) groups is 1. The predicted octanol–water partition coefficient (Wildman–Crippen LogP) is 0.780. The molecule has 0 aliphatic carbocycles. The fourth-order valence-electron chi connectivity index (χ4n) is 4.20. The summed E-state index contributed by atoms with van der Waals surface area (Å²) in [6.45, 7) is 5.75. The topological polar surface area (TPSA) is 102 Å². The highest BCUT2D eigenvalue weighted by Gasteiger charge is 2.48. The first kappa shape index (κ1) is 22.6. The number of ether oxygens (including phenoxy) is 1. The molecule has 7 nitrogen and oxygen atoms in total. The van der Waals surface area contributed by atoms with E-state index in [4.69, 9.17) is 17.7 Å². The zero-order valence-electron chi connectivity index (χ0n) is 18.0. The van der Waals surface area contributed by atoms with Gasteiger partial charge in [0.2, 0.25) is 5.91 Å². The van der Waals surface area contributed by atoms with E-state index in [2.05, 4.69) is 12.2 Å². The number of likely N-dealkylation sites (tertiary alicyclic amines) is 1. The Morgan fingerprint density at radius 1 is 1.36 bits per heavy atom. The summed E-state index contributed by atoms with van der Waals surface area (Å²) in [7, 11) is 0. The molecule has 0 radical (unpaired) electrons. The van der Waals surface area contributed by atoms with E-state index < -0.39 is 53.8 Å². The van der Waals surface area contributed by atoms with Gasteiger partial charge in [0, 0.05) is 7.92 Å². The van der Waals surface area contributed by atoms with Gasteiger partial charge >= 0.3 is 0 Å². The average Bonchev–Trinajstić information content (AvgIpc) is 3.09. The first-order chi connectivity index (χ1) is 13.6. The van der Waals surface area contributed by atoms with Crippen LogP contribution in [-0.2, 0) is 9.53 Å². The number of rotatable bonds is 8. The van der Waals surface area contributed by atoms with Crippen molar-refractivity contribution in [3.05, 3.63) is 0 Å². The molecule has 2 saturated heterocycles. The van der Waals surface area contributed by atoms with Crippen LogP contribution >= 0.6 is 23.4 Å². The number of carbonyl (C=O) groups excluding carboxylic acids is 1. The number of aliphatic hydroxyl groups is 3. The van der Waals surface area contributed by atoms with Gasteiger partial charge in [0.25, 0.3) is 0 Å². The van der Waals surface area contributed by atoms with Gasteiger partial charge in [0.05, 0.1) is 17.5 Å². The number of amides is 1. The zero-order chi connectivity index (χ0) is 21.9. The van der Waals surface area contributed by atoms with Crippen molar-refractivity contribution in [3.8, 4) is 0 Å². The molecular formula is C19H35ClN2O5S. The molecule has 0 aromatic heterocycles. The van der Waals surface area contributed by atoms with Crippen LogP contribution in [0.5, 0.6) is 0 Å². The minimum absolute atomic E-state index is 0.252. The third-order valence-corrected chi connectivity index (χ3v) is 6.88. The molecule has 0 bridgehead atoms. The molecule has 28 heavy (non-hydrogen) atoms. The van der Waals surface area contributed by atoms with Crippen molar-refractivity contribution < 1.29 is 26.2 Å². The number of nitrogens with one attached hydrogen (secondary N) is 1. The van der Waals surface area contributed by atoms with Gasteiger partial charge < -0.3 is 25.4 Å². The molecule has 2 rings (SSSR count). The molecule has 2 heterocycles. The molecule has 2 fully saturated rings. The summed E-state index contributed by atoms with van der Waals surface area (Å²) < 4.78 is 13.9. The van der Waals surface area contributed by atoms with Gasteiger partial charge in [-0.1, -0.05) is 20.3 Å². The molecule has 4 N–H and O–H groups in total. The van der Waals surface area contributed by atoms with Crippen LogP contribution in [0.4, 0.5) is 0 Å². The van der Waals surface area contributed by atoms with Gasteiger partial charge in [0.1, 0.15) is 29.9 Å². The van der Waals surface area contributed by atoms with E-state index in [1.807, 2.05) is 4.90 Å². The van der Waals surface area contributed by atoms with Crippen LogP contribution in [0, 0.1) is 5.92 Å². The van der Waals surface area contributed by atoms with Crippen molar-refractivity contribution in [2.45, 2.75) is 87.3 Å². The number of hydrogen-bond acceptors (Lipinski definition) is 7. The summed E-state index contributed by atoms with van der Waals surface area (Å²) in [5.74, 6) is 0.113. The van der Waals surface area contributed by atoms with E-state index >= 15 is 0 Å². The Balaban J connectivity index is 2.16. The molecule has 1 amide bonds. The predicted molar refractivity (Wildman–Crippen MR) is 111 cm³/mol. The monoisotopic (exact) mass is 439 g/mol. The van der Waals surface area contributed by atoms with Crippen molar-refractivity contribution in [2.75, 3.05) is 19.3 Å². The SMILES string of the molecule is [2H]C(C)N1CC(CCC)CC1C(=O)NC(C(C)Cl)C1OC(SC)C(O)C(O)C1O. The van der Waals surface area contributed by atoms with Crippen LogP contribution in [0.1, 0.15) is 41.4 Å². The van der Waals surface area contributed by atoms with Crippen LogP contribution in [0.2, 0.25) is 0 Å². The number of halogens is 1. The van der Waals surface area contributed by atoms with E-state index in [0.29, 0.717) is 18.9 Å². The third kappa shape index (κ3) is 5.33. The van der Waals surface area contributed by atoms with Crippen molar-refractivity contribution in [3.63, 3.8) is 0 Å². The summed E-state index contributed by atoms with van der Waals surface area (Å²) >= 11 is 7.55. The quantitative estimate of drug-likeness (QED) is 0.414. The largest absolute Gasteiger partial charge is 0.388 e.